The Morgan fingerprint density at radius 2 is 2.13 bits per heavy atom. The van der Waals surface area contributed by atoms with E-state index in [0.717, 1.165) is 23.1 Å². The molecule has 0 aliphatic carbocycles. The van der Waals surface area contributed by atoms with Crippen molar-refractivity contribution in [3.05, 3.63) is 53.6 Å². The van der Waals surface area contributed by atoms with Crippen LogP contribution in [0.2, 0.25) is 0 Å². The van der Waals surface area contributed by atoms with Crippen LogP contribution in [0.15, 0.2) is 25.3 Å². The predicted octanol–water partition coefficient (Wildman–Crippen LogP) is 2.76. The average molecular weight is 275 g/mol. The molecular formula is C13H16NY-. The predicted molar refractivity (Wildman–Crippen MR) is 61.9 cm³/mol. The van der Waals surface area contributed by atoms with Crippen molar-refractivity contribution in [2.75, 3.05) is 0 Å². The molecule has 1 nitrogen and oxygen atoms in total. The first-order valence-corrected chi connectivity index (χ1v) is 4.64. The molecule has 0 aromatic heterocycles. The topological polar surface area (TPSA) is 26.0 Å². The maximum absolute atomic E-state index is 5.77. The number of hydrogen-bond donors (Lipinski definition) is 1. The number of allylic oxidation sites excluding steroid dienone is 1. The van der Waals surface area contributed by atoms with Crippen molar-refractivity contribution in [1.82, 2.24) is 0 Å². The second-order valence-electron chi connectivity index (χ2n) is 3.47. The van der Waals surface area contributed by atoms with Crippen LogP contribution in [-0.2, 0) is 39.1 Å². The van der Waals surface area contributed by atoms with Gasteiger partial charge in [0.05, 0.1) is 0 Å². The van der Waals surface area contributed by atoms with Gasteiger partial charge in [-0.05, 0) is 0 Å². The molecule has 0 unspecified atom stereocenters. The molecule has 0 aliphatic rings. The van der Waals surface area contributed by atoms with E-state index in [1.165, 1.54) is 5.56 Å². The van der Waals surface area contributed by atoms with Crippen LogP contribution in [0, 0.1) is 19.9 Å². The molecule has 1 radical (unpaired) electrons. The minimum Gasteiger partial charge on any atom is -0.400 e. The zero-order valence-electron chi connectivity index (χ0n) is 9.43. The van der Waals surface area contributed by atoms with Gasteiger partial charge in [0, 0.05) is 38.4 Å². The fraction of sp³-hybridized carbons (Fsp3) is 0.231. The summed E-state index contributed by atoms with van der Waals surface area (Å²) in [6, 6.07) is 5.16. The van der Waals surface area contributed by atoms with E-state index in [-0.39, 0.29) is 32.7 Å². The van der Waals surface area contributed by atoms with Crippen LogP contribution in [0.3, 0.4) is 0 Å². The third-order valence-electron chi connectivity index (χ3n) is 2.32. The van der Waals surface area contributed by atoms with E-state index < -0.39 is 0 Å². The number of hydrogen-bond acceptors (Lipinski definition) is 1. The summed E-state index contributed by atoms with van der Waals surface area (Å²) in [4.78, 5) is 0. The fourth-order valence-electron chi connectivity index (χ4n) is 1.65. The van der Waals surface area contributed by atoms with Gasteiger partial charge in [0.2, 0.25) is 0 Å². The second-order valence-corrected chi connectivity index (χ2v) is 3.47. The quantitative estimate of drug-likeness (QED) is 0.666. The summed E-state index contributed by atoms with van der Waals surface area (Å²) in [5.74, 6) is 0. The Hall–Kier alpha value is -0.396. The smallest absolute Gasteiger partial charge is 0.00741 e. The molecule has 0 atom stereocenters. The number of aryl methyl sites for hydroxylation is 2. The van der Waals surface area contributed by atoms with Crippen molar-refractivity contribution in [2.45, 2.75) is 20.3 Å². The molecule has 0 heterocycles. The SMILES string of the molecule is C=CCc1c(C)[c-]cc(C)c1C(=C)N.[Y]. The number of nitrogens with two attached hydrogens (primary N) is 1. The molecule has 0 fully saturated rings. The van der Waals surface area contributed by atoms with E-state index >= 15 is 0 Å². The molecule has 1 aromatic rings. The van der Waals surface area contributed by atoms with Gasteiger partial charge in [0.1, 0.15) is 0 Å². The Morgan fingerprint density at radius 1 is 1.53 bits per heavy atom. The first-order valence-electron chi connectivity index (χ1n) is 4.64. The molecule has 0 bridgehead atoms. The van der Waals surface area contributed by atoms with E-state index in [0.29, 0.717) is 5.70 Å². The van der Waals surface area contributed by atoms with Gasteiger partial charge in [0.15, 0.2) is 0 Å². The molecule has 0 saturated carbocycles. The maximum atomic E-state index is 5.77. The molecule has 0 saturated heterocycles. The van der Waals surface area contributed by atoms with Crippen molar-refractivity contribution < 1.29 is 32.7 Å². The second kappa shape index (κ2) is 6.24. The van der Waals surface area contributed by atoms with E-state index in [4.69, 9.17) is 5.73 Å². The Kier molecular flexibility index (Phi) is 6.08. The van der Waals surface area contributed by atoms with Crippen LogP contribution in [-0.4, -0.2) is 0 Å². The van der Waals surface area contributed by atoms with Crippen LogP contribution in [0.25, 0.3) is 5.70 Å². The normalized spacial score (nSPS) is 9.20. The Balaban J connectivity index is 0.00000196. The summed E-state index contributed by atoms with van der Waals surface area (Å²) in [5, 5.41) is 0. The van der Waals surface area contributed by atoms with Gasteiger partial charge in [-0.2, -0.15) is 17.7 Å². The van der Waals surface area contributed by atoms with Crippen LogP contribution in [0.4, 0.5) is 0 Å². The molecule has 1 rings (SSSR count). The van der Waals surface area contributed by atoms with Crippen molar-refractivity contribution in [2.24, 2.45) is 5.73 Å². The molecule has 15 heavy (non-hydrogen) atoms. The van der Waals surface area contributed by atoms with Gasteiger partial charge < -0.3 is 5.73 Å². The van der Waals surface area contributed by atoms with Gasteiger partial charge in [-0.1, -0.05) is 32.9 Å². The van der Waals surface area contributed by atoms with Crippen molar-refractivity contribution >= 4 is 5.70 Å². The number of benzene rings is 1. The number of rotatable bonds is 3. The van der Waals surface area contributed by atoms with E-state index in [1.807, 2.05) is 26.0 Å². The monoisotopic (exact) mass is 275 g/mol. The van der Waals surface area contributed by atoms with Crippen molar-refractivity contribution in [3.8, 4) is 0 Å². The zero-order valence-corrected chi connectivity index (χ0v) is 12.3. The van der Waals surface area contributed by atoms with Crippen molar-refractivity contribution in [3.63, 3.8) is 0 Å². The van der Waals surface area contributed by atoms with Crippen LogP contribution in [0.5, 0.6) is 0 Å². The Labute approximate surface area is 117 Å². The first-order chi connectivity index (χ1) is 6.57. The summed E-state index contributed by atoms with van der Waals surface area (Å²) in [7, 11) is 0. The standard InChI is InChI=1S/C13H16N.Y/c1-5-6-12-9(2)7-8-10(3)13(12)11(4)14;/h5,8H,1,4,6,14H2,2-3H3;/q-1;. The van der Waals surface area contributed by atoms with Gasteiger partial charge in [-0.25, -0.2) is 0 Å². The molecular weight excluding hydrogens is 259 g/mol. The van der Waals surface area contributed by atoms with Gasteiger partial charge in [-0.15, -0.1) is 23.3 Å². The first kappa shape index (κ1) is 14.6. The van der Waals surface area contributed by atoms with E-state index in [9.17, 15) is 0 Å². The van der Waals surface area contributed by atoms with Crippen LogP contribution < -0.4 is 5.73 Å². The molecule has 77 valence electrons. The average Bonchev–Trinajstić information content (AvgIpc) is 2.11. The third kappa shape index (κ3) is 3.29. The summed E-state index contributed by atoms with van der Waals surface area (Å²) < 4.78 is 0. The van der Waals surface area contributed by atoms with E-state index in [1.54, 1.807) is 0 Å². The summed E-state index contributed by atoms with van der Waals surface area (Å²) >= 11 is 0. The van der Waals surface area contributed by atoms with Gasteiger partial charge in [-0.3, -0.25) is 0 Å². The summed E-state index contributed by atoms with van der Waals surface area (Å²) in [6.07, 6.45) is 2.69. The van der Waals surface area contributed by atoms with Crippen LogP contribution >= 0.6 is 0 Å². The fourth-order valence-corrected chi connectivity index (χ4v) is 1.65. The summed E-state index contributed by atoms with van der Waals surface area (Å²) in [5.41, 5.74) is 10.9. The minimum atomic E-state index is 0. The molecule has 0 aliphatic heterocycles. The Morgan fingerprint density at radius 3 is 2.60 bits per heavy atom. The summed E-state index contributed by atoms with van der Waals surface area (Å²) in [6.45, 7) is 11.6. The third-order valence-corrected chi connectivity index (χ3v) is 2.32. The molecule has 1 aromatic carbocycles. The molecule has 2 N–H and O–H groups in total. The maximum Gasteiger partial charge on any atom is 0.00741 e. The van der Waals surface area contributed by atoms with E-state index in [2.05, 4.69) is 19.2 Å². The minimum absolute atomic E-state index is 0. The zero-order chi connectivity index (χ0) is 10.7. The molecule has 0 amide bonds. The largest absolute Gasteiger partial charge is 0.400 e. The van der Waals surface area contributed by atoms with Crippen LogP contribution in [0.1, 0.15) is 22.3 Å². The van der Waals surface area contributed by atoms with Crippen molar-refractivity contribution in [1.29, 1.82) is 0 Å². The molecule has 2 heteroatoms. The Bertz CT molecular complexity index is 380. The molecule has 0 spiro atoms. The van der Waals surface area contributed by atoms with Gasteiger partial charge >= 0.3 is 0 Å². The van der Waals surface area contributed by atoms with Gasteiger partial charge in [0.25, 0.3) is 0 Å².